The van der Waals surface area contributed by atoms with Gasteiger partial charge in [0.2, 0.25) is 11.8 Å². The maximum Gasteiger partial charge on any atom is 0.237 e. The van der Waals surface area contributed by atoms with Gasteiger partial charge in [-0.25, -0.2) is 0 Å². The molecule has 1 aromatic rings. The normalized spacial score (nSPS) is 20.0. The van der Waals surface area contributed by atoms with E-state index in [1.165, 1.54) is 0 Å². The number of thioether (sulfide) groups is 2. The molecule has 2 aliphatic rings. The molecule has 3 rings (SSSR count). The minimum absolute atomic E-state index is 0.153. The highest BCUT2D eigenvalue weighted by atomic mass is 32.2. The fourth-order valence-electron chi connectivity index (χ4n) is 2.00. The van der Waals surface area contributed by atoms with Crippen LogP contribution in [0.15, 0.2) is 24.3 Å². The van der Waals surface area contributed by atoms with Crippen LogP contribution in [0.1, 0.15) is 0 Å². The molecule has 2 amide bonds. The molecule has 2 saturated heterocycles. The molecular weight excluding hydrogens is 268 g/mol. The highest BCUT2D eigenvalue weighted by Crippen LogP contribution is 2.28. The van der Waals surface area contributed by atoms with Crippen LogP contribution in [0.2, 0.25) is 0 Å². The number of amides is 2. The largest absolute Gasteiger partial charge is 0.302 e. The third kappa shape index (κ3) is 2.10. The summed E-state index contributed by atoms with van der Waals surface area (Å²) in [4.78, 5) is 26.8. The van der Waals surface area contributed by atoms with Crippen LogP contribution < -0.4 is 9.80 Å². The maximum absolute atomic E-state index is 11.6. The third-order valence-electron chi connectivity index (χ3n) is 2.97. The Balaban J connectivity index is 1.80. The van der Waals surface area contributed by atoms with E-state index in [9.17, 15) is 9.59 Å². The van der Waals surface area contributed by atoms with Crippen molar-refractivity contribution in [3.8, 4) is 0 Å². The van der Waals surface area contributed by atoms with Gasteiger partial charge in [-0.05, 0) is 24.3 Å². The number of nitrogens with zero attached hydrogens (tertiary/aromatic N) is 2. The lowest BCUT2D eigenvalue weighted by molar-refractivity contribution is -0.116. The number of hydrogen-bond acceptors (Lipinski definition) is 4. The van der Waals surface area contributed by atoms with E-state index in [-0.39, 0.29) is 11.8 Å². The SMILES string of the molecule is O=C1CSCN1c1ccc(N2CSCC2=O)cc1. The van der Waals surface area contributed by atoms with E-state index in [2.05, 4.69) is 0 Å². The van der Waals surface area contributed by atoms with E-state index < -0.39 is 0 Å². The van der Waals surface area contributed by atoms with Gasteiger partial charge in [-0.2, -0.15) is 0 Å². The van der Waals surface area contributed by atoms with Crippen LogP contribution >= 0.6 is 23.5 Å². The summed E-state index contributed by atoms with van der Waals surface area (Å²) < 4.78 is 0. The third-order valence-corrected chi connectivity index (χ3v) is 4.75. The lowest BCUT2D eigenvalue weighted by Crippen LogP contribution is -2.26. The molecule has 0 saturated carbocycles. The molecule has 1 aromatic carbocycles. The highest BCUT2D eigenvalue weighted by molar-refractivity contribution is 8.00. The molecule has 0 radical (unpaired) electrons. The first-order chi connectivity index (χ1) is 8.75. The molecule has 2 fully saturated rings. The Bertz CT molecular complexity index is 444. The van der Waals surface area contributed by atoms with E-state index >= 15 is 0 Å². The first kappa shape index (κ1) is 11.9. The molecule has 94 valence electrons. The molecule has 6 heteroatoms. The van der Waals surface area contributed by atoms with Crippen molar-refractivity contribution in [1.82, 2.24) is 0 Å². The van der Waals surface area contributed by atoms with Crippen molar-refractivity contribution in [3.05, 3.63) is 24.3 Å². The molecule has 0 atom stereocenters. The van der Waals surface area contributed by atoms with Gasteiger partial charge >= 0.3 is 0 Å². The maximum atomic E-state index is 11.6. The van der Waals surface area contributed by atoms with Crippen molar-refractivity contribution in [1.29, 1.82) is 0 Å². The molecule has 2 heterocycles. The van der Waals surface area contributed by atoms with E-state index in [0.29, 0.717) is 11.5 Å². The zero-order chi connectivity index (χ0) is 12.5. The van der Waals surface area contributed by atoms with Crippen molar-refractivity contribution in [2.45, 2.75) is 0 Å². The van der Waals surface area contributed by atoms with Gasteiger partial charge in [0.25, 0.3) is 0 Å². The smallest absolute Gasteiger partial charge is 0.237 e. The Kier molecular flexibility index (Phi) is 3.22. The van der Waals surface area contributed by atoms with Crippen LogP contribution in [0.3, 0.4) is 0 Å². The summed E-state index contributed by atoms with van der Waals surface area (Å²) >= 11 is 3.25. The first-order valence-corrected chi connectivity index (χ1v) is 7.93. The van der Waals surface area contributed by atoms with Crippen molar-refractivity contribution < 1.29 is 9.59 Å². The summed E-state index contributed by atoms with van der Waals surface area (Å²) in [6, 6.07) is 7.65. The number of anilines is 2. The number of hydrogen-bond donors (Lipinski definition) is 0. The van der Waals surface area contributed by atoms with Gasteiger partial charge in [0.05, 0.1) is 23.3 Å². The number of rotatable bonds is 2. The van der Waals surface area contributed by atoms with Gasteiger partial charge in [-0.3, -0.25) is 9.59 Å². The standard InChI is InChI=1S/C12H12N2O2S2/c15-11-5-17-7-13(11)9-1-2-10(4-3-9)14-8-18-6-12(14)16/h1-4H,5-8H2. The molecule has 18 heavy (non-hydrogen) atoms. The summed E-state index contributed by atoms with van der Waals surface area (Å²) in [6.45, 7) is 0. The second-order valence-electron chi connectivity index (χ2n) is 4.12. The molecule has 4 nitrogen and oxygen atoms in total. The number of benzene rings is 1. The average molecular weight is 280 g/mol. The zero-order valence-corrected chi connectivity index (χ0v) is 11.3. The lowest BCUT2D eigenvalue weighted by atomic mass is 10.2. The summed E-state index contributed by atoms with van der Waals surface area (Å²) in [5.74, 6) is 2.86. The van der Waals surface area contributed by atoms with Crippen LogP contribution in [-0.4, -0.2) is 35.1 Å². The van der Waals surface area contributed by atoms with Gasteiger partial charge in [-0.15, -0.1) is 23.5 Å². The topological polar surface area (TPSA) is 40.6 Å². The summed E-state index contributed by atoms with van der Waals surface area (Å²) in [6.07, 6.45) is 0. The van der Waals surface area contributed by atoms with E-state index in [1.807, 2.05) is 24.3 Å². The van der Waals surface area contributed by atoms with Gasteiger partial charge < -0.3 is 9.80 Å². The van der Waals surface area contributed by atoms with Crippen molar-refractivity contribution in [2.24, 2.45) is 0 Å². The summed E-state index contributed by atoms with van der Waals surface area (Å²) in [5, 5.41) is 0. The number of carbonyl (C=O) groups excluding carboxylic acids is 2. The second-order valence-corrected chi connectivity index (χ2v) is 6.03. The average Bonchev–Trinajstić information content (AvgIpc) is 2.98. The molecule has 0 bridgehead atoms. The predicted molar refractivity (Wildman–Crippen MR) is 76.1 cm³/mol. The quantitative estimate of drug-likeness (QED) is 0.828. The number of carbonyl (C=O) groups is 2. The second kappa shape index (κ2) is 4.85. The summed E-state index contributed by atoms with van der Waals surface area (Å²) in [7, 11) is 0. The van der Waals surface area contributed by atoms with Gasteiger partial charge in [0.15, 0.2) is 0 Å². The fourth-order valence-corrected chi connectivity index (χ4v) is 3.79. The summed E-state index contributed by atoms with van der Waals surface area (Å²) in [5.41, 5.74) is 1.82. The van der Waals surface area contributed by atoms with Crippen molar-refractivity contribution in [3.63, 3.8) is 0 Å². The minimum Gasteiger partial charge on any atom is -0.302 e. The minimum atomic E-state index is 0.153. The Morgan fingerprint density at radius 1 is 0.778 bits per heavy atom. The molecule has 0 unspecified atom stereocenters. The first-order valence-electron chi connectivity index (χ1n) is 5.62. The molecule has 0 N–H and O–H groups in total. The zero-order valence-electron chi connectivity index (χ0n) is 9.67. The molecule has 2 aliphatic heterocycles. The van der Waals surface area contributed by atoms with Gasteiger partial charge in [0, 0.05) is 11.4 Å². The molecular formula is C12H12N2O2S2. The van der Waals surface area contributed by atoms with E-state index in [0.717, 1.165) is 23.1 Å². The van der Waals surface area contributed by atoms with Crippen LogP contribution in [0.25, 0.3) is 0 Å². The van der Waals surface area contributed by atoms with Crippen LogP contribution in [0.5, 0.6) is 0 Å². The van der Waals surface area contributed by atoms with Crippen LogP contribution in [0.4, 0.5) is 11.4 Å². The Labute approximate surface area is 114 Å². The van der Waals surface area contributed by atoms with E-state index in [4.69, 9.17) is 0 Å². The van der Waals surface area contributed by atoms with Gasteiger partial charge in [0.1, 0.15) is 0 Å². The molecule has 0 aliphatic carbocycles. The molecule has 0 aromatic heterocycles. The lowest BCUT2D eigenvalue weighted by Gasteiger charge is -2.18. The fraction of sp³-hybridized carbons (Fsp3) is 0.333. The van der Waals surface area contributed by atoms with Crippen molar-refractivity contribution in [2.75, 3.05) is 33.1 Å². The van der Waals surface area contributed by atoms with Crippen LogP contribution in [-0.2, 0) is 9.59 Å². The van der Waals surface area contributed by atoms with Gasteiger partial charge in [-0.1, -0.05) is 0 Å². The molecule has 0 spiro atoms. The van der Waals surface area contributed by atoms with Crippen molar-refractivity contribution >= 4 is 46.7 Å². The highest BCUT2D eigenvalue weighted by Gasteiger charge is 2.24. The predicted octanol–water partition coefficient (Wildman–Crippen LogP) is 1.76. The van der Waals surface area contributed by atoms with E-state index in [1.54, 1.807) is 33.3 Å². The Morgan fingerprint density at radius 2 is 1.17 bits per heavy atom. The Hall–Kier alpha value is -1.14. The monoisotopic (exact) mass is 280 g/mol. The van der Waals surface area contributed by atoms with Crippen LogP contribution in [0, 0.1) is 0 Å². The Morgan fingerprint density at radius 3 is 1.44 bits per heavy atom.